The first-order valence-electron chi connectivity index (χ1n) is 11.4. The van der Waals surface area contributed by atoms with E-state index in [2.05, 4.69) is 29.3 Å². The maximum atomic E-state index is 13.2. The normalized spacial score (nSPS) is 23.2. The number of nitrogens with one attached hydrogen (secondary N) is 1. The molecule has 1 heterocycles. The molecule has 0 bridgehead atoms. The number of hydrogen-bond acceptors (Lipinski definition) is 4. The Morgan fingerprint density at radius 1 is 1.03 bits per heavy atom. The lowest BCUT2D eigenvalue weighted by Gasteiger charge is -2.39. The maximum Gasteiger partial charge on any atom is 0.245 e. The molecule has 1 aliphatic heterocycles. The number of nitrogens with zero attached hydrogens (tertiary/aromatic N) is 2. The second-order valence-corrected chi connectivity index (χ2v) is 9.11. The molecule has 166 valence electrons. The van der Waals surface area contributed by atoms with Crippen molar-refractivity contribution in [2.24, 2.45) is 17.8 Å². The molecule has 1 saturated carbocycles. The van der Waals surface area contributed by atoms with Crippen molar-refractivity contribution in [2.45, 2.75) is 52.5 Å². The number of anilines is 1. The van der Waals surface area contributed by atoms with Gasteiger partial charge in [-0.15, -0.1) is 0 Å². The molecule has 2 fully saturated rings. The maximum absolute atomic E-state index is 13.2. The van der Waals surface area contributed by atoms with E-state index in [1.165, 1.54) is 6.42 Å². The predicted octanol–water partition coefficient (Wildman–Crippen LogP) is 3.31. The molecule has 6 nitrogen and oxygen atoms in total. The third kappa shape index (κ3) is 5.27. The minimum atomic E-state index is -0.445. The zero-order valence-corrected chi connectivity index (χ0v) is 18.9. The molecule has 30 heavy (non-hydrogen) atoms. The Bertz CT molecular complexity index is 711. The van der Waals surface area contributed by atoms with Gasteiger partial charge in [0.05, 0.1) is 7.11 Å². The third-order valence-corrected chi connectivity index (χ3v) is 6.71. The van der Waals surface area contributed by atoms with E-state index in [-0.39, 0.29) is 23.7 Å². The first-order valence-corrected chi connectivity index (χ1v) is 11.4. The number of piperazine rings is 1. The average molecular weight is 416 g/mol. The Morgan fingerprint density at radius 3 is 2.23 bits per heavy atom. The Kier molecular flexibility index (Phi) is 7.62. The summed E-state index contributed by atoms with van der Waals surface area (Å²) < 4.78 is 5.23. The lowest BCUT2D eigenvalue weighted by Crippen LogP contribution is -2.57. The predicted molar refractivity (Wildman–Crippen MR) is 120 cm³/mol. The fourth-order valence-corrected chi connectivity index (χ4v) is 4.65. The van der Waals surface area contributed by atoms with Gasteiger partial charge in [-0.25, -0.2) is 0 Å². The van der Waals surface area contributed by atoms with Gasteiger partial charge in [-0.2, -0.15) is 0 Å². The van der Waals surface area contributed by atoms with Crippen LogP contribution >= 0.6 is 0 Å². The van der Waals surface area contributed by atoms with Gasteiger partial charge >= 0.3 is 0 Å². The summed E-state index contributed by atoms with van der Waals surface area (Å²) >= 11 is 0. The third-order valence-electron chi connectivity index (χ3n) is 6.71. The largest absolute Gasteiger partial charge is 0.497 e. The molecule has 3 rings (SSSR count). The first kappa shape index (κ1) is 22.4. The van der Waals surface area contributed by atoms with Crippen LogP contribution in [0, 0.1) is 17.8 Å². The van der Waals surface area contributed by atoms with E-state index in [1.54, 1.807) is 7.11 Å². The number of amides is 2. The summed E-state index contributed by atoms with van der Waals surface area (Å²) in [5, 5.41) is 3.11. The second kappa shape index (κ2) is 10.2. The molecular weight excluding hydrogens is 378 g/mol. The van der Waals surface area contributed by atoms with E-state index in [1.807, 2.05) is 30.9 Å². The van der Waals surface area contributed by atoms with Crippen LogP contribution in [0.4, 0.5) is 5.69 Å². The summed E-state index contributed by atoms with van der Waals surface area (Å²) in [5.74, 6) is 1.46. The fraction of sp³-hybridized carbons (Fsp3) is 0.667. The van der Waals surface area contributed by atoms with E-state index in [9.17, 15) is 9.59 Å². The molecule has 2 aliphatic rings. The molecule has 1 saturated heterocycles. The number of ether oxygens (including phenoxy) is 1. The summed E-state index contributed by atoms with van der Waals surface area (Å²) in [4.78, 5) is 30.3. The molecule has 0 spiro atoms. The minimum absolute atomic E-state index is 0.0414. The molecule has 3 atom stereocenters. The van der Waals surface area contributed by atoms with Crippen molar-refractivity contribution >= 4 is 17.5 Å². The Labute approximate surface area is 180 Å². The molecule has 2 amide bonds. The first-order chi connectivity index (χ1) is 14.4. The summed E-state index contributed by atoms with van der Waals surface area (Å²) in [6.07, 6.45) is 4.35. The van der Waals surface area contributed by atoms with Crippen molar-refractivity contribution in [3.8, 4) is 5.75 Å². The number of rotatable bonds is 6. The van der Waals surface area contributed by atoms with E-state index < -0.39 is 6.04 Å². The molecule has 1 aromatic rings. The smallest absolute Gasteiger partial charge is 0.245 e. The zero-order chi connectivity index (χ0) is 21.7. The molecular formula is C24H37N3O3. The lowest BCUT2D eigenvalue weighted by atomic mass is 9.79. The average Bonchev–Trinajstić information content (AvgIpc) is 2.77. The van der Waals surface area contributed by atoms with Crippen LogP contribution in [-0.4, -0.2) is 56.0 Å². The van der Waals surface area contributed by atoms with Gasteiger partial charge in [0.1, 0.15) is 11.8 Å². The lowest BCUT2D eigenvalue weighted by molar-refractivity contribution is -0.139. The van der Waals surface area contributed by atoms with Gasteiger partial charge in [0, 0.05) is 37.8 Å². The van der Waals surface area contributed by atoms with Crippen molar-refractivity contribution in [1.29, 1.82) is 0 Å². The molecule has 1 aromatic carbocycles. The van der Waals surface area contributed by atoms with Gasteiger partial charge in [0.25, 0.3) is 0 Å². The summed E-state index contributed by atoms with van der Waals surface area (Å²) in [6, 6.07) is 7.59. The summed E-state index contributed by atoms with van der Waals surface area (Å²) in [7, 11) is 1.66. The quantitative estimate of drug-likeness (QED) is 0.774. The van der Waals surface area contributed by atoms with Crippen molar-refractivity contribution < 1.29 is 14.3 Å². The van der Waals surface area contributed by atoms with Gasteiger partial charge in [-0.3, -0.25) is 9.59 Å². The van der Waals surface area contributed by atoms with E-state index in [4.69, 9.17) is 4.74 Å². The highest BCUT2D eigenvalue weighted by atomic mass is 16.5. The summed E-state index contributed by atoms with van der Waals surface area (Å²) in [6.45, 7) is 9.11. The SMILES string of the molecule is COc1ccc(N2CCN(C(=O)C(NC(=O)C3CCCCC3C)C(C)C)CC2)cc1. The van der Waals surface area contributed by atoms with Crippen LogP contribution in [-0.2, 0) is 9.59 Å². The molecule has 0 radical (unpaired) electrons. The molecule has 1 N–H and O–H groups in total. The highest BCUT2D eigenvalue weighted by molar-refractivity contribution is 5.89. The Morgan fingerprint density at radius 2 is 1.67 bits per heavy atom. The van der Waals surface area contributed by atoms with Crippen LogP contribution in [0.3, 0.4) is 0 Å². The highest BCUT2D eigenvalue weighted by Crippen LogP contribution is 2.30. The van der Waals surface area contributed by atoms with E-state index >= 15 is 0 Å². The Hall–Kier alpha value is -2.24. The summed E-state index contributed by atoms with van der Waals surface area (Å²) in [5.41, 5.74) is 1.14. The fourth-order valence-electron chi connectivity index (χ4n) is 4.65. The number of hydrogen-bond donors (Lipinski definition) is 1. The van der Waals surface area contributed by atoms with Crippen LogP contribution < -0.4 is 15.0 Å². The molecule has 6 heteroatoms. The van der Waals surface area contributed by atoms with Crippen molar-refractivity contribution in [3.05, 3.63) is 24.3 Å². The van der Waals surface area contributed by atoms with Gasteiger partial charge in [-0.05, 0) is 48.9 Å². The number of carbonyl (C=O) groups excluding carboxylic acids is 2. The van der Waals surface area contributed by atoms with E-state index in [0.29, 0.717) is 19.0 Å². The van der Waals surface area contributed by atoms with Gasteiger partial charge in [0.2, 0.25) is 11.8 Å². The van der Waals surface area contributed by atoms with E-state index in [0.717, 1.165) is 43.8 Å². The van der Waals surface area contributed by atoms with Crippen molar-refractivity contribution in [2.75, 3.05) is 38.2 Å². The van der Waals surface area contributed by atoms with Gasteiger partial charge in [0.15, 0.2) is 0 Å². The highest BCUT2D eigenvalue weighted by Gasteiger charge is 2.34. The molecule has 3 unspecified atom stereocenters. The Balaban J connectivity index is 1.57. The molecule has 0 aromatic heterocycles. The van der Waals surface area contributed by atoms with Crippen LogP contribution in [0.1, 0.15) is 46.5 Å². The van der Waals surface area contributed by atoms with Crippen molar-refractivity contribution in [1.82, 2.24) is 10.2 Å². The molecule has 1 aliphatic carbocycles. The number of benzene rings is 1. The van der Waals surface area contributed by atoms with Crippen LogP contribution in [0.5, 0.6) is 5.75 Å². The number of carbonyl (C=O) groups is 2. The monoisotopic (exact) mass is 415 g/mol. The minimum Gasteiger partial charge on any atom is -0.497 e. The van der Waals surface area contributed by atoms with Crippen LogP contribution in [0.2, 0.25) is 0 Å². The van der Waals surface area contributed by atoms with Crippen molar-refractivity contribution in [3.63, 3.8) is 0 Å². The van der Waals surface area contributed by atoms with Gasteiger partial charge < -0.3 is 19.9 Å². The standard InChI is InChI=1S/C24H37N3O3/c1-17(2)22(25-23(28)21-8-6-5-7-18(21)3)24(29)27-15-13-26(14-16-27)19-9-11-20(30-4)12-10-19/h9-12,17-18,21-22H,5-8,13-16H2,1-4H3,(H,25,28). The second-order valence-electron chi connectivity index (χ2n) is 9.11. The van der Waals surface area contributed by atoms with Gasteiger partial charge in [-0.1, -0.05) is 33.6 Å². The topological polar surface area (TPSA) is 61.9 Å². The zero-order valence-electron chi connectivity index (χ0n) is 18.9. The number of methoxy groups -OCH3 is 1. The van der Waals surface area contributed by atoms with Crippen LogP contribution in [0.25, 0.3) is 0 Å². The van der Waals surface area contributed by atoms with Crippen LogP contribution in [0.15, 0.2) is 24.3 Å².